The Kier molecular flexibility index (Phi) is 10.6. The molecule has 0 N–H and O–H groups in total. The first-order valence-electron chi connectivity index (χ1n) is 13.8. The van der Waals surface area contributed by atoms with Crippen molar-refractivity contribution in [3.63, 3.8) is 0 Å². The highest BCUT2D eigenvalue weighted by Crippen LogP contribution is 2.38. The second-order valence-corrected chi connectivity index (χ2v) is 9.85. The van der Waals surface area contributed by atoms with Crippen molar-refractivity contribution < 1.29 is 66.3 Å². The van der Waals surface area contributed by atoms with Crippen LogP contribution in [0.3, 0.4) is 0 Å². The molecule has 0 bridgehead atoms. The standard InChI is InChI=1S/C31H30O15/c1-15(32)39-14-23-25(40-16(2)33)26(41-17(3)34)28(42-18(4)35)31(44-23)46-24-21-12-11-20(38-5)13-22(21)43-30(37)27(24)45-29(36)19-9-7-6-8-10-19/h6-13,23,25-26,28,31H,14H2,1-5H3/t23-,25-,26+,28-,31+/m1/s1. The SMILES string of the molecule is COc1ccc2c(O[C@@H]3O[C@H](COC(C)=O)[C@@H](OC(C)=O)[C@H](OC(C)=O)[C@H]3OC(C)=O)c(OC(=O)c3ccccc3)c(=O)oc2c1. The third kappa shape index (κ3) is 7.98. The maximum Gasteiger partial charge on any atom is 0.383 e. The van der Waals surface area contributed by atoms with Crippen molar-refractivity contribution in [1.29, 1.82) is 0 Å². The van der Waals surface area contributed by atoms with Crippen LogP contribution in [0.2, 0.25) is 0 Å². The minimum absolute atomic E-state index is 0.0514. The van der Waals surface area contributed by atoms with E-state index in [0.717, 1.165) is 27.7 Å². The number of hydrogen-bond acceptors (Lipinski definition) is 15. The second-order valence-electron chi connectivity index (χ2n) is 9.85. The summed E-state index contributed by atoms with van der Waals surface area (Å²) in [5.74, 6) is -4.99. The lowest BCUT2D eigenvalue weighted by atomic mass is 9.98. The monoisotopic (exact) mass is 642 g/mol. The topological polar surface area (TPSA) is 189 Å². The van der Waals surface area contributed by atoms with Gasteiger partial charge in [0.05, 0.1) is 18.1 Å². The van der Waals surface area contributed by atoms with Crippen molar-refractivity contribution in [2.24, 2.45) is 0 Å². The van der Waals surface area contributed by atoms with E-state index in [-0.39, 0.29) is 22.3 Å². The molecule has 1 aromatic heterocycles. The maximum atomic E-state index is 13.3. The van der Waals surface area contributed by atoms with Gasteiger partial charge in [0.25, 0.3) is 5.75 Å². The van der Waals surface area contributed by atoms with Gasteiger partial charge in [-0.05, 0) is 24.3 Å². The average Bonchev–Trinajstić information content (AvgIpc) is 3.00. The molecule has 1 saturated heterocycles. The van der Waals surface area contributed by atoms with Gasteiger partial charge in [-0.25, -0.2) is 9.59 Å². The number of benzene rings is 2. The minimum atomic E-state index is -1.75. The summed E-state index contributed by atoms with van der Waals surface area (Å²) in [7, 11) is 1.39. The zero-order valence-corrected chi connectivity index (χ0v) is 25.3. The lowest BCUT2D eigenvalue weighted by Crippen LogP contribution is -2.63. The van der Waals surface area contributed by atoms with Gasteiger partial charge in [-0.15, -0.1) is 0 Å². The quantitative estimate of drug-likeness (QED) is 0.178. The van der Waals surface area contributed by atoms with Gasteiger partial charge < -0.3 is 42.3 Å². The molecular formula is C31H30O15. The number of carbonyl (C=O) groups excluding carboxylic acids is 5. The number of hydrogen-bond donors (Lipinski definition) is 0. The van der Waals surface area contributed by atoms with E-state index in [1.54, 1.807) is 18.2 Å². The summed E-state index contributed by atoms with van der Waals surface area (Å²) in [4.78, 5) is 74.5. The molecule has 0 radical (unpaired) electrons. The van der Waals surface area contributed by atoms with Crippen LogP contribution in [0.4, 0.5) is 0 Å². The van der Waals surface area contributed by atoms with Crippen molar-refractivity contribution >= 4 is 40.8 Å². The fraction of sp³-hybridized carbons (Fsp3) is 0.355. The Morgan fingerprint density at radius 3 is 2.00 bits per heavy atom. The van der Waals surface area contributed by atoms with Crippen molar-refractivity contribution in [3.05, 3.63) is 64.5 Å². The van der Waals surface area contributed by atoms with E-state index in [2.05, 4.69) is 0 Å². The summed E-state index contributed by atoms with van der Waals surface area (Å²) in [6.07, 6.45) is -7.76. The third-order valence-electron chi connectivity index (χ3n) is 6.41. The number of esters is 5. The zero-order chi connectivity index (χ0) is 33.5. The van der Waals surface area contributed by atoms with Crippen LogP contribution >= 0.6 is 0 Å². The predicted octanol–water partition coefficient (Wildman–Crippen LogP) is 2.48. The molecular weight excluding hydrogens is 612 g/mol. The highest BCUT2D eigenvalue weighted by molar-refractivity contribution is 5.93. The molecule has 4 rings (SSSR count). The van der Waals surface area contributed by atoms with E-state index in [0.29, 0.717) is 5.75 Å². The van der Waals surface area contributed by atoms with Crippen molar-refractivity contribution in [2.75, 3.05) is 13.7 Å². The molecule has 0 unspecified atom stereocenters. The van der Waals surface area contributed by atoms with E-state index in [1.807, 2.05) is 0 Å². The molecule has 15 heteroatoms. The second kappa shape index (κ2) is 14.6. The van der Waals surface area contributed by atoms with E-state index in [4.69, 9.17) is 42.3 Å². The van der Waals surface area contributed by atoms with E-state index in [1.165, 1.54) is 37.4 Å². The molecule has 1 aliphatic heterocycles. The first kappa shape index (κ1) is 33.5. The first-order valence-corrected chi connectivity index (χ1v) is 13.8. The summed E-state index contributed by atoms with van der Waals surface area (Å²) in [6, 6.07) is 12.1. The lowest BCUT2D eigenvalue weighted by Gasteiger charge is -2.44. The molecule has 0 saturated carbocycles. The van der Waals surface area contributed by atoms with Gasteiger partial charge in [-0.3, -0.25) is 19.2 Å². The fourth-order valence-corrected chi connectivity index (χ4v) is 4.59. The predicted molar refractivity (Wildman–Crippen MR) is 153 cm³/mol. The van der Waals surface area contributed by atoms with Crippen LogP contribution in [-0.4, -0.2) is 74.3 Å². The molecule has 3 aromatic rings. The zero-order valence-electron chi connectivity index (χ0n) is 25.3. The van der Waals surface area contributed by atoms with Crippen molar-refractivity contribution in [1.82, 2.24) is 0 Å². The molecule has 0 aliphatic carbocycles. The van der Waals surface area contributed by atoms with Crippen molar-refractivity contribution in [2.45, 2.75) is 58.4 Å². The van der Waals surface area contributed by atoms with Gasteiger partial charge >= 0.3 is 35.5 Å². The molecule has 46 heavy (non-hydrogen) atoms. The van der Waals surface area contributed by atoms with Gasteiger partial charge in [0.2, 0.25) is 12.4 Å². The smallest absolute Gasteiger partial charge is 0.383 e. The average molecular weight is 643 g/mol. The first-order chi connectivity index (χ1) is 21.9. The molecule has 5 atom stereocenters. The largest absolute Gasteiger partial charge is 0.497 e. The van der Waals surface area contributed by atoms with Gasteiger partial charge in [-0.2, -0.15) is 0 Å². The summed E-state index contributed by atoms with van der Waals surface area (Å²) >= 11 is 0. The fourth-order valence-electron chi connectivity index (χ4n) is 4.59. The number of fused-ring (bicyclic) bond motifs is 1. The van der Waals surface area contributed by atoms with Crippen LogP contribution in [0.25, 0.3) is 11.0 Å². The summed E-state index contributed by atoms with van der Waals surface area (Å²) in [5, 5.41) is 0.0871. The van der Waals surface area contributed by atoms with Crippen LogP contribution in [0.5, 0.6) is 17.2 Å². The lowest BCUT2D eigenvalue weighted by molar-refractivity contribution is -0.288. The van der Waals surface area contributed by atoms with E-state index >= 15 is 0 Å². The van der Waals surface area contributed by atoms with Gasteiger partial charge in [-0.1, -0.05) is 18.2 Å². The van der Waals surface area contributed by atoms with E-state index in [9.17, 15) is 28.8 Å². The maximum absolute atomic E-state index is 13.3. The Hall–Kier alpha value is -5.44. The molecule has 15 nitrogen and oxygen atoms in total. The Bertz CT molecular complexity index is 1680. The molecule has 2 aromatic carbocycles. The third-order valence-corrected chi connectivity index (χ3v) is 6.41. The van der Waals surface area contributed by atoms with E-state index < -0.39 is 78.5 Å². The molecule has 0 spiro atoms. The molecule has 2 heterocycles. The van der Waals surface area contributed by atoms with Crippen LogP contribution in [0.15, 0.2) is 57.7 Å². The van der Waals surface area contributed by atoms with Gasteiger partial charge in [0.1, 0.15) is 24.0 Å². The highest BCUT2D eigenvalue weighted by Gasteiger charge is 2.53. The molecule has 0 amide bonds. The Balaban J connectivity index is 1.88. The Morgan fingerprint density at radius 1 is 0.761 bits per heavy atom. The van der Waals surface area contributed by atoms with Crippen LogP contribution in [-0.2, 0) is 42.9 Å². The number of rotatable bonds is 10. The summed E-state index contributed by atoms with van der Waals surface area (Å²) in [6.45, 7) is 3.79. The van der Waals surface area contributed by atoms with Crippen LogP contribution in [0.1, 0.15) is 38.1 Å². The normalized spacial score (nSPS) is 20.6. The van der Waals surface area contributed by atoms with Gasteiger partial charge in [0, 0.05) is 33.8 Å². The minimum Gasteiger partial charge on any atom is -0.497 e. The van der Waals surface area contributed by atoms with Crippen LogP contribution < -0.4 is 19.8 Å². The Morgan fingerprint density at radius 2 is 1.39 bits per heavy atom. The molecule has 1 fully saturated rings. The van der Waals surface area contributed by atoms with Gasteiger partial charge in [0.15, 0.2) is 18.0 Å². The number of ether oxygens (including phenoxy) is 8. The van der Waals surface area contributed by atoms with Crippen molar-refractivity contribution in [3.8, 4) is 17.2 Å². The van der Waals surface area contributed by atoms with Crippen LogP contribution in [0, 0.1) is 0 Å². The highest BCUT2D eigenvalue weighted by atomic mass is 16.7. The summed E-state index contributed by atoms with van der Waals surface area (Å²) < 4.78 is 49.6. The number of methoxy groups -OCH3 is 1. The Labute approximate surface area is 261 Å². The molecule has 1 aliphatic rings. The molecule has 244 valence electrons. The summed E-state index contributed by atoms with van der Waals surface area (Å²) in [5.41, 5.74) is -1.09. The number of carbonyl (C=O) groups is 5.